The highest BCUT2D eigenvalue weighted by Gasteiger charge is 2.25. The minimum atomic E-state index is -0.339. The zero-order chi connectivity index (χ0) is 21.2. The van der Waals surface area contributed by atoms with E-state index in [1.165, 1.54) is 23.0 Å². The molecule has 0 radical (unpaired) electrons. The van der Waals surface area contributed by atoms with Crippen LogP contribution in [0.5, 0.6) is 0 Å². The minimum Gasteiger partial charge on any atom is -0.368 e. The second-order valence-corrected chi connectivity index (χ2v) is 8.63. The van der Waals surface area contributed by atoms with Crippen LogP contribution >= 0.6 is 0 Å². The maximum atomic E-state index is 12.9. The molecule has 1 saturated heterocycles. The van der Waals surface area contributed by atoms with Gasteiger partial charge in [-0.25, -0.2) is 0 Å². The first-order chi connectivity index (χ1) is 13.7. The number of rotatable bonds is 3. The molecule has 0 unspecified atom stereocenters. The van der Waals surface area contributed by atoms with Crippen molar-refractivity contribution in [1.82, 2.24) is 15.2 Å². The first-order valence-electron chi connectivity index (χ1n) is 10.0. The maximum absolute atomic E-state index is 12.9. The Bertz CT molecular complexity index is 909. The van der Waals surface area contributed by atoms with E-state index in [2.05, 4.69) is 47.2 Å². The zero-order valence-electron chi connectivity index (χ0n) is 18.0. The molecule has 6 heteroatoms. The third-order valence-electron chi connectivity index (χ3n) is 5.21. The second-order valence-electron chi connectivity index (χ2n) is 8.63. The van der Waals surface area contributed by atoms with E-state index >= 15 is 0 Å². The van der Waals surface area contributed by atoms with Crippen molar-refractivity contribution in [3.05, 3.63) is 58.9 Å². The van der Waals surface area contributed by atoms with E-state index in [0.29, 0.717) is 24.3 Å². The van der Waals surface area contributed by atoms with Crippen LogP contribution in [0.4, 0.5) is 5.69 Å². The molecule has 1 aromatic carbocycles. The van der Waals surface area contributed by atoms with Crippen molar-refractivity contribution in [3.8, 4) is 0 Å². The van der Waals surface area contributed by atoms with Crippen LogP contribution in [0, 0.1) is 13.8 Å². The lowest BCUT2D eigenvalue weighted by Gasteiger charge is -2.37. The third kappa shape index (κ3) is 4.94. The fourth-order valence-electron chi connectivity index (χ4n) is 3.49. The fourth-order valence-corrected chi connectivity index (χ4v) is 3.49. The molecule has 0 atom stereocenters. The predicted molar refractivity (Wildman–Crippen MR) is 115 cm³/mol. The van der Waals surface area contributed by atoms with Gasteiger partial charge in [-0.2, -0.15) is 0 Å². The highest BCUT2D eigenvalue weighted by molar-refractivity contribution is 5.98. The van der Waals surface area contributed by atoms with Crippen LogP contribution in [0.2, 0.25) is 0 Å². The quantitative estimate of drug-likeness (QED) is 0.868. The number of carbonyl (C=O) groups excluding carboxylic acids is 2. The molecule has 1 aliphatic rings. The molecule has 29 heavy (non-hydrogen) atoms. The van der Waals surface area contributed by atoms with Gasteiger partial charge in [0.15, 0.2) is 0 Å². The van der Waals surface area contributed by atoms with Crippen LogP contribution < -0.4 is 10.2 Å². The van der Waals surface area contributed by atoms with Crippen molar-refractivity contribution in [3.63, 3.8) is 0 Å². The summed E-state index contributed by atoms with van der Waals surface area (Å²) in [5.74, 6) is -0.329. The largest absolute Gasteiger partial charge is 0.368 e. The summed E-state index contributed by atoms with van der Waals surface area (Å²) in [5.41, 5.74) is 4.21. The standard InChI is InChI=1S/C23H30N4O2/c1-16-7-6-8-20(17(16)2)26-11-13-27(14-12-26)22(29)19-15-18(9-10-24-19)21(28)25-23(3,4)5/h6-10,15H,11-14H2,1-5H3,(H,25,28). The van der Waals surface area contributed by atoms with E-state index in [0.717, 1.165) is 13.1 Å². The van der Waals surface area contributed by atoms with Crippen molar-refractivity contribution in [1.29, 1.82) is 0 Å². The lowest BCUT2D eigenvalue weighted by atomic mass is 10.1. The number of pyridine rings is 1. The van der Waals surface area contributed by atoms with Crippen LogP contribution in [-0.2, 0) is 0 Å². The van der Waals surface area contributed by atoms with E-state index in [1.807, 2.05) is 25.7 Å². The molecule has 2 amide bonds. The number of amides is 2. The number of hydrogen-bond donors (Lipinski definition) is 1. The summed E-state index contributed by atoms with van der Waals surface area (Å²) in [6, 6.07) is 9.55. The van der Waals surface area contributed by atoms with Gasteiger partial charge in [-0.3, -0.25) is 14.6 Å². The van der Waals surface area contributed by atoms with Gasteiger partial charge < -0.3 is 15.1 Å². The van der Waals surface area contributed by atoms with Gasteiger partial charge in [0.2, 0.25) is 0 Å². The number of anilines is 1. The predicted octanol–water partition coefficient (Wildman–Crippen LogP) is 3.19. The van der Waals surface area contributed by atoms with E-state index < -0.39 is 0 Å². The molecular weight excluding hydrogens is 364 g/mol. The van der Waals surface area contributed by atoms with Gasteiger partial charge in [0.1, 0.15) is 5.69 Å². The molecule has 1 N–H and O–H groups in total. The molecule has 0 aliphatic carbocycles. The summed E-state index contributed by atoms with van der Waals surface area (Å²) >= 11 is 0. The Morgan fingerprint density at radius 1 is 1.03 bits per heavy atom. The minimum absolute atomic E-state index is 0.129. The van der Waals surface area contributed by atoms with Gasteiger partial charge in [-0.05, 0) is 63.9 Å². The average Bonchev–Trinajstić information content (AvgIpc) is 2.68. The lowest BCUT2D eigenvalue weighted by molar-refractivity contribution is 0.0741. The molecule has 1 aliphatic heterocycles. The number of carbonyl (C=O) groups is 2. The fraction of sp³-hybridized carbons (Fsp3) is 0.435. The number of aryl methyl sites for hydroxylation is 1. The van der Waals surface area contributed by atoms with Crippen LogP contribution in [0.25, 0.3) is 0 Å². The molecule has 0 spiro atoms. The van der Waals surface area contributed by atoms with Crippen LogP contribution in [0.1, 0.15) is 52.7 Å². The molecule has 154 valence electrons. The number of aromatic nitrogens is 1. The Morgan fingerprint density at radius 2 is 1.72 bits per heavy atom. The van der Waals surface area contributed by atoms with Crippen molar-refractivity contribution in [2.24, 2.45) is 0 Å². The number of nitrogens with one attached hydrogen (secondary N) is 1. The van der Waals surface area contributed by atoms with E-state index in [9.17, 15) is 9.59 Å². The number of hydrogen-bond acceptors (Lipinski definition) is 4. The highest BCUT2D eigenvalue weighted by Crippen LogP contribution is 2.24. The summed E-state index contributed by atoms with van der Waals surface area (Å²) in [6.07, 6.45) is 1.52. The van der Waals surface area contributed by atoms with Gasteiger partial charge in [-0.1, -0.05) is 12.1 Å². The molecule has 0 bridgehead atoms. The molecule has 1 fully saturated rings. The number of benzene rings is 1. The first-order valence-corrected chi connectivity index (χ1v) is 10.0. The highest BCUT2D eigenvalue weighted by atomic mass is 16.2. The van der Waals surface area contributed by atoms with Gasteiger partial charge in [0.05, 0.1) is 0 Å². The van der Waals surface area contributed by atoms with Crippen molar-refractivity contribution in [2.45, 2.75) is 40.2 Å². The summed E-state index contributed by atoms with van der Waals surface area (Å²) in [6.45, 7) is 12.8. The third-order valence-corrected chi connectivity index (χ3v) is 5.21. The summed E-state index contributed by atoms with van der Waals surface area (Å²) < 4.78 is 0. The van der Waals surface area contributed by atoms with Crippen molar-refractivity contribution < 1.29 is 9.59 Å². The van der Waals surface area contributed by atoms with Gasteiger partial charge in [0, 0.05) is 49.2 Å². The van der Waals surface area contributed by atoms with Gasteiger partial charge >= 0.3 is 0 Å². The van der Waals surface area contributed by atoms with E-state index in [4.69, 9.17) is 0 Å². The zero-order valence-corrected chi connectivity index (χ0v) is 18.0. The van der Waals surface area contributed by atoms with Crippen LogP contribution in [0.3, 0.4) is 0 Å². The van der Waals surface area contributed by atoms with Crippen molar-refractivity contribution in [2.75, 3.05) is 31.1 Å². The Morgan fingerprint density at radius 3 is 2.38 bits per heavy atom. The molecule has 6 nitrogen and oxygen atoms in total. The van der Waals surface area contributed by atoms with Crippen LogP contribution in [0.15, 0.2) is 36.5 Å². The van der Waals surface area contributed by atoms with E-state index in [1.54, 1.807) is 12.1 Å². The monoisotopic (exact) mass is 394 g/mol. The average molecular weight is 395 g/mol. The molecule has 3 rings (SSSR count). The van der Waals surface area contributed by atoms with Gasteiger partial charge in [-0.15, -0.1) is 0 Å². The summed E-state index contributed by atoms with van der Waals surface area (Å²) in [7, 11) is 0. The number of piperazine rings is 1. The molecule has 0 saturated carbocycles. The molecule has 2 heterocycles. The SMILES string of the molecule is Cc1cccc(N2CCN(C(=O)c3cc(C(=O)NC(C)(C)C)ccn3)CC2)c1C. The summed E-state index contributed by atoms with van der Waals surface area (Å²) in [5, 5.41) is 2.92. The van der Waals surface area contributed by atoms with E-state index in [-0.39, 0.29) is 17.4 Å². The normalized spacial score (nSPS) is 14.7. The molecule has 1 aromatic heterocycles. The maximum Gasteiger partial charge on any atom is 0.272 e. The van der Waals surface area contributed by atoms with Crippen LogP contribution in [-0.4, -0.2) is 53.4 Å². The second kappa shape index (κ2) is 8.23. The molecular formula is C23H30N4O2. The smallest absolute Gasteiger partial charge is 0.272 e. The molecule has 2 aromatic rings. The Kier molecular flexibility index (Phi) is 5.91. The Balaban J connectivity index is 1.67. The topological polar surface area (TPSA) is 65.5 Å². The number of nitrogens with zero attached hydrogens (tertiary/aromatic N) is 3. The Labute approximate surface area is 172 Å². The Hall–Kier alpha value is -2.89. The lowest BCUT2D eigenvalue weighted by Crippen LogP contribution is -2.49. The first kappa shape index (κ1) is 20.8. The summed E-state index contributed by atoms with van der Waals surface area (Å²) in [4.78, 5) is 33.7. The van der Waals surface area contributed by atoms with Crippen molar-refractivity contribution >= 4 is 17.5 Å². The van der Waals surface area contributed by atoms with Gasteiger partial charge in [0.25, 0.3) is 11.8 Å².